The number of carbonyl (C=O) groups excluding carboxylic acids is 2. The van der Waals surface area contributed by atoms with Crippen LogP contribution in [0.2, 0.25) is 5.02 Å². The second-order valence-corrected chi connectivity index (χ2v) is 9.09. The first kappa shape index (κ1) is 21.5. The molecule has 166 valence electrons. The second kappa shape index (κ2) is 8.87. The quantitative estimate of drug-likeness (QED) is 0.363. The number of benzene rings is 3. The van der Waals surface area contributed by atoms with Gasteiger partial charge in [-0.2, -0.15) is 0 Å². The van der Waals surface area contributed by atoms with Crippen molar-refractivity contribution in [1.82, 2.24) is 4.90 Å². The summed E-state index contributed by atoms with van der Waals surface area (Å²) in [5.74, 6) is 0.631. The van der Waals surface area contributed by atoms with E-state index in [-0.39, 0.29) is 11.7 Å². The van der Waals surface area contributed by atoms with Crippen molar-refractivity contribution in [2.75, 3.05) is 13.1 Å². The number of hydrogen-bond acceptors (Lipinski definition) is 3. The van der Waals surface area contributed by atoms with Crippen LogP contribution in [0.25, 0.3) is 11.6 Å². The molecular formula is C28H24ClNO3. The number of ketones is 1. The Bertz CT molecular complexity index is 1210. The van der Waals surface area contributed by atoms with E-state index in [4.69, 9.17) is 16.3 Å². The molecule has 1 spiro atoms. The van der Waals surface area contributed by atoms with Gasteiger partial charge in [-0.1, -0.05) is 72.3 Å². The van der Waals surface area contributed by atoms with Crippen LogP contribution in [0.4, 0.5) is 0 Å². The van der Waals surface area contributed by atoms with Crippen molar-refractivity contribution in [2.24, 2.45) is 0 Å². The molecule has 0 aromatic heterocycles. The molecule has 2 aliphatic heterocycles. The summed E-state index contributed by atoms with van der Waals surface area (Å²) < 4.78 is 6.32. The van der Waals surface area contributed by atoms with E-state index in [9.17, 15) is 9.59 Å². The Morgan fingerprint density at radius 2 is 1.61 bits per heavy atom. The molecule has 1 fully saturated rings. The molecule has 0 unspecified atom stereocenters. The Kier molecular flexibility index (Phi) is 5.77. The van der Waals surface area contributed by atoms with Crippen molar-refractivity contribution in [2.45, 2.75) is 24.9 Å². The third kappa shape index (κ3) is 4.44. The number of hydrogen-bond donors (Lipinski definition) is 0. The van der Waals surface area contributed by atoms with Gasteiger partial charge >= 0.3 is 0 Å². The summed E-state index contributed by atoms with van der Waals surface area (Å²) in [4.78, 5) is 28.3. The lowest BCUT2D eigenvalue weighted by Crippen LogP contribution is -2.52. The maximum atomic E-state index is 13.6. The molecule has 33 heavy (non-hydrogen) atoms. The smallest absolute Gasteiger partial charge is 0.254 e. The predicted octanol–water partition coefficient (Wildman–Crippen LogP) is 5.91. The standard InChI is InChI=1S/C28H24ClNO3/c29-22-11-12-26-24(18-22)25(31)19-28(33-26)13-15-30(16-14-28)27(32)23(21-9-5-2-6-10-21)17-20-7-3-1-4-8-20/h1-12,17-18H,13-16,19H2/b23-17-. The normalized spacial score (nSPS) is 17.4. The highest BCUT2D eigenvalue weighted by Crippen LogP contribution is 2.40. The number of rotatable bonds is 3. The molecule has 0 radical (unpaired) electrons. The molecule has 0 N–H and O–H groups in total. The summed E-state index contributed by atoms with van der Waals surface area (Å²) >= 11 is 6.05. The number of piperidine rings is 1. The maximum absolute atomic E-state index is 13.6. The summed E-state index contributed by atoms with van der Waals surface area (Å²) in [5.41, 5.74) is 2.52. The van der Waals surface area contributed by atoms with Gasteiger partial charge in [0.2, 0.25) is 0 Å². The molecule has 3 aromatic rings. The minimum absolute atomic E-state index is 0.00535. The molecule has 5 rings (SSSR count). The second-order valence-electron chi connectivity index (χ2n) is 8.65. The number of carbonyl (C=O) groups is 2. The molecule has 5 heteroatoms. The van der Waals surface area contributed by atoms with Gasteiger partial charge in [-0.05, 0) is 35.4 Å². The average molecular weight is 458 g/mol. The highest BCUT2D eigenvalue weighted by molar-refractivity contribution is 6.31. The van der Waals surface area contributed by atoms with Crippen LogP contribution in [0.5, 0.6) is 5.75 Å². The van der Waals surface area contributed by atoms with Crippen molar-refractivity contribution in [1.29, 1.82) is 0 Å². The van der Waals surface area contributed by atoms with Gasteiger partial charge in [0.1, 0.15) is 11.4 Å². The van der Waals surface area contributed by atoms with Gasteiger partial charge in [0.25, 0.3) is 5.91 Å². The maximum Gasteiger partial charge on any atom is 0.254 e. The van der Waals surface area contributed by atoms with Crippen LogP contribution in [-0.4, -0.2) is 35.3 Å². The van der Waals surface area contributed by atoms with Crippen LogP contribution < -0.4 is 4.74 Å². The summed E-state index contributed by atoms with van der Waals surface area (Å²) in [6.45, 7) is 1.07. The van der Waals surface area contributed by atoms with Crippen LogP contribution in [-0.2, 0) is 4.79 Å². The Hall–Kier alpha value is -3.37. The van der Waals surface area contributed by atoms with Crippen LogP contribution in [0.15, 0.2) is 78.9 Å². The Labute approximate surface area is 198 Å². The highest BCUT2D eigenvalue weighted by Gasteiger charge is 2.44. The first-order chi connectivity index (χ1) is 16.0. The molecule has 4 nitrogen and oxygen atoms in total. The van der Waals surface area contributed by atoms with Crippen molar-refractivity contribution < 1.29 is 14.3 Å². The summed E-state index contributed by atoms with van der Waals surface area (Å²) in [6.07, 6.45) is 3.48. The van der Waals surface area contributed by atoms with Gasteiger partial charge in [-0.15, -0.1) is 0 Å². The zero-order valence-corrected chi connectivity index (χ0v) is 18.9. The minimum Gasteiger partial charge on any atom is -0.486 e. The summed E-state index contributed by atoms with van der Waals surface area (Å²) in [6, 6.07) is 24.8. The average Bonchev–Trinajstić information content (AvgIpc) is 2.84. The predicted molar refractivity (Wildman–Crippen MR) is 130 cm³/mol. The molecule has 0 aliphatic carbocycles. The van der Waals surface area contributed by atoms with Crippen molar-refractivity contribution in [3.8, 4) is 5.75 Å². The lowest BCUT2D eigenvalue weighted by molar-refractivity contribution is -0.128. The van der Waals surface area contributed by atoms with E-state index in [1.165, 1.54) is 0 Å². The fourth-order valence-corrected chi connectivity index (χ4v) is 4.81. The fourth-order valence-electron chi connectivity index (χ4n) is 4.63. The molecule has 1 saturated heterocycles. The van der Waals surface area contributed by atoms with E-state index >= 15 is 0 Å². The van der Waals surface area contributed by atoms with Crippen molar-refractivity contribution in [3.63, 3.8) is 0 Å². The Morgan fingerprint density at radius 3 is 2.30 bits per heavy atom. The van der Waals surface area contributed by atoms with Crippen LogP contribution in [0, 0.1) is 0 Å². The Balaban J connectivity index is 1.36. The van der Waals surface area contributed by atoms with Gasteiger partial charge in [-0.3, -0.25) is 9.59 Å². The molecule has 2 aliphatic rings. The van der Waals surface area contributed by atoms with Gasteiger partial charge in [0, 0.05) is 36.5 Å². The van der Waals surface area contributed by atoms with E-state index in [1.807, 2.05) is 71.6 Å². The zero-order chi connectivity index (χ0) is 22.8. The molecule has 0 atom stereocenters. The molecular weight excluding hydrogens is 434 g/mol. The van der Waals surface area contributed by atoms with E-state index in [2.05, 4.69) is 0 Å². The third-order valence-corrected chi connectivity index (χ3v) is 6.67. The van der Waals surface area contributed by atoms with E-state index in [0.29, 0.717) is 54.3 Å². The SMILES string of the molecule is O=C1CC2(CCN(C(=O)/C(=C\c3ccccc3)c3ccccc3)CC2)Oc2ccc(Cl)cc21. The van der Waals surface area contributed by atoms with Crippen LogP contribution in [0.1, 0.15) is 40.7 Å². The first-order valence-electron chi connectivity index (χ1n) is 11.2. The van der Waals surface area contributed by atoms with E-state index in [0.717, 1.165) is 11.1 Å². The topological polar surface area (TPSA) is 46.6 Å². The monoisotopic (exact) mass is 457 g/mol. The van der Waals surface area contributed by atoms with Crippen LogP contribution >= 0.6 is 11.6 Å². The zero-order valence-electron chi connectivity index (χ0n) is 18.2. The van der Waals surface area contributed by atoms with Gasteiger partial charge < -0.3 is 9.64 Å². The number of Topliss-reactive ketones (excluding diaryl/α,β-unsaturated/α-hetero) is 1. The summed E-state index contributed by atoms with van der Waals surface area (Å²) in [5, 5.41) is 0.528. The van der Waals surface area contributed by atoms with E-state index < -0.39 is 5.60 Å². The number of likely N-dealkylation sites (tertiary alicyclic amines) is 1. The van der Waals surface area contributed by atoms with Gasteiger partial charge in [-0.25, -0.2) is 0 Å². The lowest BCUT2D eigenvalue weighted by atomic mass is 9.82. The third-order valence-electron chi connectivity index (χ3n) is 6.44. The minimum atomic E-state index is -0.565. The number of nitrogens with zero attached hydrogens (tertiary/aromatic N) is 1. The van der Waals surface area contributed by atoms with Gasteiger partial charge in [0.15, 0.2) is 5.78 Å². The largest absolute Gasteiger partial charge is 0.486 e. The lowest BCUT2D eigenvalue weighted by Gasteiger charge is -2.44. The molecule has 1 amide bonds. The molecule has 0 saturated carbocycles. The number of fused-ring (bicyclic) bond motifs is 1. The first-order valence-corrected chi connectivity index (χ1v) is 11.5. The molecule has 2 heterocycles. The Morgan fingerprint density at radius 1 is 0.939 bits per heavy atom. The van der Waals surface area contributed by atoms with E-state index in [1.54, 1.807) is 18.2 Å². The fraction of sp³-hybridized carbons (Fsp3) is 0.214. The molecule has 0 bridgehead atoms. The van der Waals surface area contributed by atoms with Crippen LogP contribution in [0.3, 0.4) is 0 Å². The number of halogens is 1. The highest BCUT2D eigenvalue weighted by atomic mass is 35.5. The molecule has 3 aromatic carbocycles. The number of amides is 1. The van der Waals surface area contributed by atoms with Gasteiger partial charge in [0.05, 0.1) is 12.0 Å². The van der Waals surface area contributed by atoms with Crippen molar-refractivity contribution >= 4 is 34.9 Å². The summed E-state index contributed by atoms with van der Waals surface area (Å²) in [7, 11) is 0. The van der Waals surface area contributed by atoms with Crippen molar-refractivity contribution in [3.05, 3.63) is 101 Å². The number of ether oxygens (including phenoxy) is 1.